The van der Waals surface area contributed by atoms with Crippen LogP contribution in [0.5, 0.6) is 5.75 Å². The molecule has 0 fully saturated rings. The first-order valence-corrected chi connectivity index (χ1v) is 5.57. The summed E-state index contributed by atoms with van der Waals surface area (Å²) in [5, 5.41) is 0. The van der Waals surface area contributed by atoms with Crippen LogP contribution in [0.2, 0.25) is 0 Å². The van der Waals surface area contributed by atoms with E-state index in [-0.39, 0.29) is 11.5 Å². The quantitative estimate of drug-likeness (QED) is 0.805. The van der Waals surface area contributed by atoms with Crippen molar-refractivity contribution in [3.05, 3.63) is 29.3 Å². The normalized spacial score (nSPS) is 19.5. The first-order chi connectivity index (χ1) is 7.04. The van der Waals surface area contributed by atoms with Crippen LogP contribution in [0.25, 0.3) is 0 Å². The van der Waals surface area contributed by atoms with Crippen molar-refractivity contribution in [3.63, 3.8) is 0 Å². The van der Waals surface area contributed by atoms with E-state index in [2.05, 4.69) is 39.0 Å². The van der Waals surface area contributed by atoms with Crippen LogP contribution in [0.1, 0.15) is 44.4 Å². The summed E-state index contributed by atoms with van der Waals surface area (Å²) in [6, 6.07) is 6.48. The lowest BCUT2D eigenvalue weighted by atomic mass is 9.85. The molecule has 0 spiro atoms. The van der Waals surface area contributed by atoms with Crippen LogP contribution >= 0.6 is 0 Å². The molecule has 2 heteroatoms. The molecule has 2 N–H and O–H groups in total. The molecule has 0 amide bonds. The molecule has 1 atom stereocenters. The van der Waals surface area contributed by atoms with Gasteiger partial charge in [-0.25, -0.2) is 0 Å². The zero-order valence-corrected chi connectivity index (χ0v) is 9.71. The van der Waals surface area contributed by atoms with Gasteiger partial charge in [-0.05, 0) is 24.1 Å². The van der Waals surface area contributed by atoms with Crippen LogP contribution in [0.3, 0.4) is 0 Å². The van der Waals surface area contributed by atoms with Gasteiger partial charge in [0.25, 0.3) is 0 Å². The largest absolute Gasteiger partial charge is 0.492 e. The van der Waals surface area contributed by atoms with E-state index in [1.54, 1.807) is 0 Å². The summed E-state index contributed by atoms with van der Waals surface area (Å²) < 4.78 is 5.64. The second-order valence-corrected chi connectivity index (χ2v) is 4.94. The van der Waals surface area contributed by atoms with Crippen LogP contribution in [0.15, 0.2) is 18.2 Å². The fourth-order valence-electron chi connectivity index (χ4n) is 2.00. The fraction of sp³-hybridized carbons (Fsp3) is 0.538. The maximum atomic E-state index is 6.04. The number of rotatable bonds is 2. The van der Waals surface area contributed by atoms with E-state index in [4.69, 9.17) is 10.5 Å². The van der Waals surface area contributed by atoms with Gasteiger partial charge in [0, 0.05) is 17.0 Å². The fourth-order valence-corrected chi connectivity index (χ4v) is 2.00. The van der Waals surface area contributed by atoms with Crippen molar-refractivity contribution in [2.24, 2.45) is 5.73 Å². The molecule has 0 radical (unpaired) electrons. The SMILES string of the molecule is CC[C@H](N)c1ccc2c(c1)C(C)(C)CO2. The van der Waals surface area contributed by atoms with E-state index in [1.165, 1.54) is 11.1 Å². The molecule has 0 bridgehead atoms. The maximum Gasteiger partial charge on any atom is 0.123 e. The minimum absolute atomic E-state index is 0.124. The Morgan fingerprint density at radius 3 is 2.87 bits per heavy atom. The predicted molar refractivity (Wildman–Crippen MR) is 62.2 cm³/mol. The third kappa shape index (κ3) is 1.74. The van der Waals surface area contributed by atoms with E-state index >= 15 is 0 Å². The Hall–Kier alpha value is -1.02. The van der Waals surface area contributed by atoms with E-state index in [9.17, 15) is 0 Å². The molecule has 0 saturated carbocycles. The minimum Gasteiger partial charge on any atom is -0.492 e. The molecular formula is C13H19NO. The van der Waals surface area contributed by atoms with Crippen molar-refractivity contribution < 1.29 is 4.74 Å². The van der Waals surface area contributed by atoms with E-state index < -0.39 is 0 Å². The highest BCUT2D eigenvalue weighted by Crippen LogP contribution is 2.39. The van der Waals surface area contributed by atoms with Gasteiger partial charge in [-0.2, -0.15) is 0 Å². The molecule has 0 unspecified atom stereocenters. The molecule has 1 aliphatic heterocycles. The summed E-state index contributed by atoms with van der Waals surface area (Å²) in [5.41, 5.74) is 8.67. The zero-order chi connectivity index (χ0) is 11.1. The van der Waals surface area contributed by atoms with Crippen LogP contribution in [-0.2, 0) is 5.41 Å². The molecule has 0 aromatic heterocycles. The maximum absolute atomic E-state index is 6.04. The third-order valence-corrected chi connectivity index (χ3v) is 3.19. The van der Waals surface area contributed by atoms with Gasteiger partial charge in [-0.15, -0.1) is 0 Å². The number of hydrogen-bond donors (Lipinski definition) is 1. The average molecular weight is 205 g/mol. The van der Waals surface area contributed by atoms with Gasteiger partial charge in [0.2, 0.25) is 0 Å². The first-order valence-electron chi connectivity index (χ1n) is 5.57. The zero-order valence-electron chi connectivity index (χ0n) is 9.71. The summed E-state index contributed by atoms with van der Waals surface area (Å²) >= 11 is 0. The molecule has 1 heterocycles. The van der Waals surface area contributed by atoms with Crippen molar-refractivity contribution in [1.29, 1.82) is 0 Å². The molecule has 2 nitrogen and oxygen atoms in total. The Bertz CT molecular complexity index is 371. The lowest BCUT2D eigenvalue weighted by molar-refractivity contribution is 0.291. The van der Waals surface area contributed by atoms with Crippen LogP contribution < -0.4 is 10.5 Å². The summed E-state index contributed by atoms with van der Waals surface area (Å²) in [6.45, 7) is 7.30. The van der Waals surface area contributed by atoms with Crippen molar-refractivity contribution in [2.45, 2.75) is 38.6 Å². The minimum atomic E-state index is 0.124. The van der Waals surface area contributed by atoms with Gasteiger partial charge in [0.1, 0.15) is 5.75 Å². The Labute approximate surface area is 91.4 Å². The molecular weight excluding hydrogens is 186 g/mol. The third-order valence-electron chi connectivity index (χ3n) is 3.19. The molecule has 1 aromatic carbocycles. The van der Waals surface area contributed by atoms with Crippen molar-refractivity contribution in [2.75, 3.05) is 6.61 Å². The highest BCUT2D eigenvalue weighted by atomic mass is 16.5. The van der Waals surface area contributed by atoms with Gasteiger partial charge < -0.3 is 10.5 Å². The van der Waals surface area contributed by atoms with Crippen molar-refractivity contribution >= 4 is 0 Å². The number of benzene rings is 1. The summed E-state index contributed by atoms with van der Waals surface area (Å²) in [6.07, 6.45) is 0.972. The van der Waals surface area contributed by atoms with Gasteiger partial charge in [-0.3, -0.25) is 0 Å². The molecule has 82 valence electrons. The second-order valence-electron chi connectivity index (χ2n) is 4.94. The average Bonchev–Trinajstić information content (AvgIpc) is 2.53. The highest BCUT2D eigenvalue weighted by molar-refractivity contribution is 5.45. The Morgan fingerprint density at radius 2 is 2.20 bits per heavy atom. The number of nitrogens with two attached hydrogens (primary N) is 1. The predicted octanol–water partition coefficient (Wildman–Crippen LogP) is 2.77. The van der Waals surface area contributed by atoms with E-state index in [0.29, 0.717) is 0 Å². The molecule has 15 heavy (non-hydrogen) atoms. The molecule has 2 rings (SSSR count). The number of fused-ring (bicyclic) bond motifs is 1. The summed E-state index contributed by atoms with van der Waals surface area (Å²) in [7, 11) is 0. The second kappa shape index (κ2) is 3.53. The lowest BCUT2D eigenvalue weighted by Crippen LogP contribution is -2.19. The lowest BCUT2D eigenvalue weighted by Gasteiger charge is -2.17. The number of ether oxygens (including phenoxy) is 1. The van der Waals surface area contributed by atoms with Gasteiger partial charge in [0.05, 0.1) is 6.61 Å². The Morgan fingerprint density at radius 1 is 1.47 bits per heavy atom. The molecule has 1 aliphatic rings. The van der Waals surface area contributed by atoms with Crippen LogP contribution in [0, 0.1) is 0 Å². The molecule has 0 saturated heterocycles. The molecule has 1 aromatic rings. The van der Waals surface area contributed by atoms with Crippen molar-refractivity contribution in [1.82, 2.24) is 0 Å². The van der Waals surface area contributed by atoms with Gasteiger partial charge >= 0.3 is 0 Å². The molecule has 0 aliphatic carbocycles. The first kappa shape index (κ1) is 10.5. The van der Waals surface area contributed by atoms with Gasteiger partial charge in [0.15, 0.2) is 0 Å². The van der Waals surface area contributed by atoms with Crippen molar-refractivity contribution in [3.8, 4) is 5.75 Å². The van der Waals surface area contributed by atoms with E-state index in [0.717, 1.165) is 18.8 Å². The van der Waals surface area contributed by atoms with Crippen LogP contribution in [0.4, 0.5) is 0 Å². The topological polar surface area (TPSA) is 35.2 Å². The number of hydrogen-bond acceptors (Lipinski definition) is 2. The summed E-state index contributed by atoms with van der Waals surface area (Å²) in [4.78, 5) is 0. The Kier molecular flexibility index (Phi) is 2.47. The standard InChI is InChI=1S/C13H19NO/c1-4-11(14)9-5-6-12-10(7-9)13(2,3)8-15-12/h5-7,11H,4,8,14H2,1-3H3/t11-/m0/s1. The summed E-state index contributed by atoms with van der Waals surface area (Å²) in [5.74, 6) is 1.02. The van der Waals surface area contributed by atoms with Crippen LogP contribution in [-0.4, -0.2) is 6.61 Å². The smallest absolute Gasteiger partial charge is 0.123 e. The Balaban J connectivity index is 2.41. The monoisotopic (exact) mass is 205 g/mol. The van der Waals surface area contributed by atoms with E-state index in [1.807, 2.05) is 0 Å². The van der Waals surface area contributed by atoms with Gasteiger partial charge in [-0.1, -0.05) is 26.8 Å². The highest BCUT2D eigenvalue weighted by Gasteiger charge is 2.31.